The summed E-state index contributed by atoms with van der Waals surface area (Å²) in [5, 5.41) is 11.9. The van der Waals surface area contributed by atoms with Gasteiger partial charge in [0.05, 0.1) is 11.8 Å². The third-order valence-corrected chi connectivity index (χ3v) is 4.00. The van der Waals surface area contributed by atoms with Crippen molar-refractivity contribution in [2.45, 2.75) is 18.6 Å². The van der Waals surface area contributed by atoms with E-state index in [0.717, 1.165) is 0 Å². The topological polar surface area (TPSA) is 105 Å². The summed E-state index contributed by atoms with van der Waals surface area (Å²) in [5.74, 6) is -1.30. The van der Waals surface area contributed by atoms with Gasteiger partial charge in [-0.05, 0) is 18.2 Å². The molecular weight excluding hydrogens is 304 g/mol. The van der Waals surface area contributed by atoms with Gasteiger partial charge in [0.2, 0.25) is 0 Å². The van der Waals surface area contributed by atoms with Crippen LogP contribution in [-0.2, 0) is 14.3 Å². The second-order valence-electron chi connectivity index (χ2n) is 5.45. The van der Waals surface area contributed by atoms with E-state index in [2.05, 4.69) is 5.32 Å². The molecule has 1 fully saturated rings. The molecular formula is C15H16N2O6. The Bertz CT molecular complexity index is 674. The average Bonchev–Trinajstić information content (AvgIpc) is 2.98. The molecule has 1 aromatic rings. The zero-order valence-electron chi connectivity index (χ0n) is 12.4. The number of benzene rings is 1. The number of methoxy groups -OCH3 is 1. The van der Waals surface area contributed by atoms with Gasteiger partial charge in [-0.1, -0.05) is 0 Å². The van der Waals surface area contributed by atoms with Crippen molar-refractivity contribution in [2.75, 3.05) is 25.6 Å². The van der Waals surface area contributed by atoms with E-state index < -0.39 is 17.9 Å². The number of aliphatic carboxylic acids is 1. The van der Waals surface area contributed by atoms with E-state index in [9.17, 15) is 19.5 Å². The molecule has 2 atom stereocenters. The van der Waals surface area contributed by atoms with Crippen molar-refractivity contribution in [2.24, 2.45) is 0 Å². The highest BCUT2D eigenvalue weighted by molar-refractivity contribution is 6.01. The standard InChI is InChI=1S/C15H16N2O6/c1-22-9-5-11(15(20)21)17(6-9)14(19)8-2-3-12-10(4-8)16-13(18)7-23-12/h2-4,9,11H,5-7H2,1H3,(H,16,18)(H,20,21). The zero-order chi connectivity index (χ0) is 16.6. The minimum atomic E-state index is -1.06. The Labute approximate surface area is 132 Å². The molecule has 122 valence electrons. The van der Waals surface area contributed by atoms with E-state index >= 15 is 0 Å². The van der Waals surface area contributed by atoms with Crippen LogP contribution in [-0.4, -0.2) is 60.2 Å². The number of nitrogens with one attached hydrogen (secondary N) is 1. The Balaban J connectivity index is 1.86. The molecule has 2 N–H and O–H groups in total. The Hall–Kier alpha value is -2.61. The lowest BCUT2D eigenvalue weighted by atomic mass is 10.1. The number of anilines is 1. The monoisotopic (exact) mass is 320 g/mol. The average molecular weight is 320 g/mol. The maximum Gasteiger partial charge on any atom is 0.326 e. The van der Waals surface area contributed by atoms with Gasteiger partial charge in [-0.2, -0.15) is 0 Å². The molecule has 23 heavy (non-hydrogen) atoms. The lowest BCUT2D eigenvalue weighted by Crippen LogP contribution is -2.40. The number of carboxylic acid groups (broad SMARTS) is 1. The minimum absolute atomic E-state index is 0.0664. The van der Waals surface area contributed by atoms with E-state index in [-0.39, 0.29) is 37.1 Å². The summed E-state index contributed by atoms with van der Waals surface area (Å²) < 4.78 is 10.4. The van der Waals surface area contributed by atoms with Gasteiger partial charge < -0.3 is 24.8 Å². The van der Waals surface area contributed by atoms with Crippen LogP contribution in [0.2, 0.25) is 0 Å². The van der Waals surface area contributed by atoms with Gasteiger partial charge in [0.1, 0.15) is 11.8 Å². The molecule has 8 nitrogen and oxygen atoms in total. The van der Waals surface area contributed by atoms with Crippen molar-refractivity contribution >= 4 is 23.5 Å². The fourth-order valence-corrected chi connectivity index (χ4v) is 2.81. The maximum atomic E-state index is 12.6. The third-order valence-electron chi connectivity index (χ3n) is 4.00. The number of nitrogens with zero attached hydrogens (tertiary/aromatic N) is 1. The smallest absolute Gasteiger partial charge is 0.326 e. The first-order chi connectivity index (χ1) is 11.0. The van der Waals surface area contributed by atoms with E-state index in [1.807, 2.05) is 0 Å². The first kappa shape index (κ1) is 15.3. The number of carbonyl (C=O) groups is 3. The third kappa shape index (κ3) is 2.85. The lowest BCUT2D eigenvalue weighted by Gasteiger charge is -2.23. The summed E-state index contributed by atoms with van der Waals surface area (Å²) in [6.07, 6.45) is -0.0526. The maximum absolute atomic E-state index is 12.6. The van der Waals surface area contributed by atoms with Gasteiger partial charge in [0.15, 0.2) is 6.61 Å². The van der Waals surface area contributed by atoms with Crippen LogP contribution in [0, 0.1) is 0 Å². The number of carbonyl (C=O) groups excluding carboxylic acids is 2. The molecule has 0 spiro atoms. The number of amides is 2. The molecule has 3 rings (SSSR count). The molecule has 2 amide bonds. The molecule has 0 aromatic heterocycles. The molecule has 2 heterocycles. The van der Waals surface area contributed by atoms with E-state index in [1.54, 1.807) is 12.1 Å². The summed E-state index contributed by atoms with van der Waals surface area (Å²) in [7, 11) is 1.49. The zero-order valence-corrected chi connectivity index (χ0v) is 12.4. The van der Waals surface area contributed by atoms with Crippen LogP contribution in [0.15, 0.2) is 18.2 Å². The summed E-state index contributed by atoms with van der Waals surface area (Å²) in [6, 6.07) is 3.71. The minimum Gasteiger partial charge on any atom is -0.482 e. The van der Waals surface area contributed by atoms with Crippen molar-refractivity contribution in [3.05, 3.63) is 23.8 Å². The van der Waals surface area contributed by atoms with Crippen LogP contribution in [0.25, 0.3) is 0 Å². The largest absolute Gasteiger partial charge is 0.482 e. The highest BCUT2D eigenvalue weighted by Gasteiger charge is 2.40. The molecule has 1 aromatic carbocycles. The lowest BCUT2D eigenvalue weighted by molar-refractivity contribution is -0.141. The second-order valence-corrected chi connectivity index (χ2v) is 5.45. The van der Waals surface area contributed by atoms with Crippen LogP contribution < -0.4 is 10.1 Å². The molecule has 0 bridgehead atoms. The molecule has 2 aliphatic rings. The molecule has 2 aliphatic heterocycles. The molecule has 8 heteroatoms. The fourth-order valence-electron chi connectivity index (χ4n) is 2.81. The number of ether oxygens (including phenoxy) is 2. The SMILES string of the molecule is COC1CC(C(=O)O)N(C(=O)c2ccc3c(c2)NC(=O)CO3)C1. The van der Waals surface area contributed by atoms with Gasteiger partial charge in [-0.3, -0.25) is 9.59 Å². The van der Waals surface area contributed by atoms with Crippen molar-refractivity contribution in [3.63, 3.8) is 0 Å². The summed E-state index contributed by atoms with van der Waals surface area (Å²) in [6.45, 7) is 0.148. The van der Waals surface area contributed by atoms with Gasteiger partial charge >= 0.3 is 5.97 Å². The fraction of sp³-hybridized carbons (Fsp3) is 0.400. The summed E-state index contributed by atoms with van der Waals surface area (Å²) >= 11 is 0. The number of rotatable bonds is 3. The highest BCUT2D eigenvalue weighted by Crippen LogP contribution is 2.30. The van der Waals surface area contributed by atoms with Crippen LogP contribution in [0.5, 0.6) is 5.75 Å². The molecule has 0 saturated carbocycles. The van der Waals surface area contributed by atoms with Gasteiger partial charge in [0, 0.05) is 25.6 Å². The van der Waals surface area contributed by atoms with Gasteiger partial charge in [-0.25, -0.2) is 4.79 Å². The number of hydrogen-bond acceptors (Lipinski definition) is 5. The number of fused-ring (bicyclic) bond motifs is 1. The normalized spacial score (nSPS) is 23.0. The Morgan fingerprint density at radius 3 is 2.91 bits per heavy atom. The highest BCUT2D eigenvalue weighted by atomic mass is 16.5. The molecule has 1 saturated heterocycles. The van der Waals surface area contributed by atoms with Crippen molar-refractivity contribution in [1.82, 2.24) is 4.90 Å². The first-order valence-electron chi connectivity index (χ1n) is 7.13. The molecule has 0 aliphatic carbocycles. The quantitative estimate of drug-likeness (QED) is 0.831. The molecule has 2 unspecified atom stereocenters. The number of likely N-dealkylation sites (tertiary alicyclic amines) is 1. The van der Waals surface area contributed by atoms with E-state index in [1.165, 1.54) is 18.1 Å². The first-order valence-corrected chi connectivity index (χ1v) is 7.13. The van der Waals surface area contributed by atoms with Crippen molar-refractivity contribution < 1.29 is 29.0 Å². The van der Waals surface area contributed by atoms with Crippen LogP contribution in [0.1, 0.15) is 16.8 Å². The van der Waals surface area contributed by atoms with Crippen LogP contribution in [0.4, 0.5) is 5.69 Å². The van der Waals surface area contributed by atoms with Crippen LogP contribution in [0.3, 0.4) is 0 Å². The summed E-state index contributed by atoms with van der Waals surface area (Å²) in [5.41, 5.74) is 0.694. The predicted octanol–water partition coefficient (Wildman–Crippen LogP) is 0.332. The van der Waals surface area contributed by atoms with Crippen LogP contribution >= 0.6 is 0 Å². The van der Waals surface area contributed by atoms with E-state index in [4.69, 9.17) is 9.47 Å². The Morgan fingerprint density at radius 1 is 1.43 bits per heavy atom. The second kappa shape index (κ2) is 5.88. The Kier molecular flexibility index (Phi) is 3.91. The van der Waals surface area contributed by atoms with Crippen molar-refractivity contribution in [3.8, 4) is 5.75 Å². The number of carboxylic acids is 1. The van der Waals surface area contributed by atoms with Crippen molar-refractivity contribution in [1.29, 1.82) is 0 Å². The van der Waals surface area contributed by atoms with Gasteiger partial charge in [-0.15, -0.1) is 0 Å². The summed E-state index contributed by atoms with van der Waals surface area (Å²) in [4.78, 5) is 36.6. The molecule has 0 radical (unpaired) electrons. The Morgan fingerprint density at radius 2 is 2.22 bits per heavy atom. The van der Waals surface area contributed by atoms with Gasteiger partial charge in [0.25, 0.3) is 11.8 Å². The number of hydrogen-bond donors (Lipinski definition) is 2. The van der Waals surface area contributed by atoms with E-state index in [0.29, 0.717) is 11.4 Å². The predicted molar refractivity (Wildman–Crippen MR) is 78.4 cm³/mol.